The quantitative estimate of drug-likeness (QED) is 0.895. The molecule has 2 heterocycles. The van der Waals surface area contributed by atoms with Gasteiger partial charge in [-0.05, 0) is 56.2 Å². The van der Waals surface area contributed by atoms with Gasteiger partial charge >= 0.3 is 0 Å². The van der Waals surface area contributed by atoms with Gasteiger partial charge < -0.3 is 10.2 Å². The molecule has 0 saturated carbocycles. The largest absolute Gasteiger partial charge is 0.382 e. The lowest BCUT2D eigenvalue weighted by atomic mass is 10.0. The van der Waals surface area contributed by atoms with Crippen LogP contribution in [0.3, 0.4) is 0 Å². The van der Waals surface area contributed by atoms with Gasteiger partial charge in [0.15, 0.2) is 0 Å². The normalized spacial score (nSPS) is 17.7. The van der Waals surface area contributed by atoms with Crippen LogP contribution in [0.2, 0.25) is 0 Å². The molecule has 0 atom stereocenters. The van der Waals surface area contributed by atoms with Crippen molar-refractivity contribution in [3.8, 4) is 0 Å². The lowest BCUT2D eigenvalue weighted by Gasteiger charge is -2.33. The van der Waals surface area contributed by atoms with Crippen LogP contribution in [0.4, 0.5) is 11.4 Å². The fourth-order valence-electron chi connectivity index (χ4n) is 3.72. The molecule has 2 aromatic carbocycles. The van der Waals surface area contributed by atoms with E-state index in [4.69, 9.17) is 0 Å². The predicted octanol–water partition coefficient (Wildman–Crippen LogP) is 3.99. The average molecular weight is 362 g/mol. The van der Waals surface area contributed by atoms with Crippen molar-refractivity contribution in [1.29, 1.82) is 0 Å². The van der Waals surface area contributed by atoms with Crippen LogP contribution in [-0.2, 0) is 0 Å². The number of para-hydroxylation sites is 1. The van der Waals surface area contributed by atoms with E-state index >= 15 is 0 Å². The number of rotatable bonds is 4. The van der Waals surface area contributed by atoms with Crippen molar-refractivity contribution in [1.82, 2.24) is 4.90 Å². The number of likely N-dealkylation sites (tertiary alicyclic amines) is 1. The van der Waals surface area contributed by atoms with Crippen molar-refractivity contribution in [3.05, 3.63) is 60.2 Å². The van der Waals surface area contributed by atoms with Crippen LogP contribution in [0.15, 0.2) is 59.7 Å². The Balaban J connectivity index is 1.32. The fraction of sp³-hybridized carbons (Fsp3) is 0.364. The van der Waals surface area contributed by atoms with E-state index in [1.165, 1.54) is 0 Å². The first-order valence-corrected chi connectivity index (χ1v) is 9.71. The van der Waals surface area contributed by atoms with E-state index in [2.05, 4.69) is 22.6 Å². The number of carbonyl (C=O) groups excluding carboxylic acids is 1. The number of hydrazone groups is 1. The molecule has 0 unspecified atom stereocenters. The van der Waals surface area contributed by atoms with E-state index in [0.717, 1.165) is 61.5 Å². The van der Waals surface area contributed by atoms with Crippen molar-refractivity contribution in [2.45, 2.75) is 32.2 Å². The Hall–Kier alpha value is -2.82. The van der Waals surface area contributed by atoms with E-state index in [0.29, 0.717) is 6.04 Å². The second-order valence-corrected chi connectivity index (χ2v) is 7.33. The molecule has 5 nitrogen and oxygen atoms in total. The van der Waals surface area contributed by atoms with E-state index in [-0.39, 0.29) is 5.91 Å². The van der Waals surface area contributed by atoms with Gasteiger partial charge in [0.25, 0.3) is 5.91 Å². The minimum absolute atomic E-state index is 0.126. The average Bonchev–Trinajstić information content (AvgIpc) is 3.15. The van der Waals surface area contributed by atoms with Crippen LogP contribution in [0, 0.1) is 0 Å². The summed E-state index contributed by atoms with van der Waals surface area (Å²) < 4.78 is 0. The van der Waals surface area contributed by atoms with Gasteiger partial charge in [-0.15, -0.1) is 0 Å². The van der Waals surface area contributed by atoms with Crippen LogP contribution in [0.1, 0.15) is 36.5 Å². The van der Waals surface area contributed by atoms with Gasteiger partial charge in [0.2, 0.25) is 0 Å². The maximum atomic E-state index is 12.8. The second-order valence-electron chi connectivity index (χ2n) is 7.33. The number of benzene rings is 2. The van der Waals surface area contributed by atoms with Gasteiger partial charge in [-0.25, -0.2) is 0 Å². The smallest absolute Gasteiger partial charge is 0.253 e. The van der Waals surface area contributed by atoms with Crippen molar-refractivity contribution >= 4 is 23.0 Å². The van der Waals surface area contributed by atoms with Crippen LogP contribution in [0.5, 0.6) is 0 Å². The molecule has 1 fully saturated rings. The molecule has 5 heteroatoms. The van der Waals surface area contributed by atoms with Gasteiger partial charge in [-0.1, -0.05) is 18.2 Å². The third-order valence-corrected chi connectivity index (χ3v) is 5.32. The number of carbonyl (C=O) groups is 1. The lowest BCUT2D eigenvalue weighted by molar-refractivity contribution is 0.0718. The number of hydrogen-bond acceptors (Lipinski definition) is 4. The standard InChI is InChI=1S/C22H26N4O/c1-17-11-16-26(24-17)21-9-7-18(8-10-21)22(27)25-14-12-20(13-15-25)23-19-5-3-2-4-6-19/h2-10,20,23H,11-16H2,1H3. The van der Waals surface area contributed by atoms with Gasteiger partial charge in [-0.3, -0.25) is 9.80 Å². The Kier molecular flexibility index (Phi) is 5.10. The number of nitrogens with one attached hydrogen (secondary N) is 1. The summed E-state index contributed by atoms with van der Waals surface area (Å²) in [4.78, 5) is 14.8. The molecule has 2 aromatic rings. The zero-order valence-electron chi connectivity index (χ0n) is 15.8. The Morgan fingerprint density at radius 2 is 1.70 bits per heavy atom. The third-order valence-electron chi connectivity index (χ3n) is 5.32. The number of piperidine rings is 1. The zero-order valence-corrected chi connectivity index (χ0v) is 15.8. The molecule has 1 saturated heterocycles. The van der Waals surface area contributed by atoms with E-state index in [9.17, 15) is 4.79 Å². The summed E-state index contributed by atoms with van der Waals surface area (Å²) >= 11 is 0. The van der Waals surface area contributed by atoms with Crippen molar-refractivity contribution in [2.24, 2.45) is 5.10 Å². The molecule has 1 amide bonds. The third kappa shape index (κ3) is 4.13. The molecule has 4 rings (SSSR count). The molecule has 0 spiro atoms. The number of nitrogens with zero attached hydrogens (tertiary/aromatic N) is 3. The first-order valence-electron chi connectivity index (χ1n) is 9.71. The van der Waals surface area contributed by atoms with Gasteiger partial charge in [0.1, 0.15) is 0 Å². The van der Waals surface area contributed by atoms with E-state index in [1.807, 2.05) is 59.3 Å². The summed E-state index contributed by atoms with van der Waals surface area (Å²) in [5.41, 5.74) is 4.11. The first kappa shape index (κ1) is 17.6. The van der Waals surface area contributed by atoms with Crippen molar-refractivity contribution in [3.63, 3.8) is 0 Å². The summed E-state index contributed by atoms with van der Waals surface area (Å²) in [6, 6.07) is 18.6. The molecule has 0 radical (unpaired) electrons. The molecule has 27 heavy (non-hydrogen) atoms. The predicted molar refractivity (Wildman–Crippen MR) is 111 cm³/mol. The van der Waals surface area contributed by atoms with Crippen LogP contribution >= 0.6 is 0 Å². The highest BCUT2D eigenvalue weighted by atomic mass is 16.2. The Bertz CT molecular complexity index is 808. The zero-order chi connectivity index (χ0) is 18.6. The van der Waals surface area contributed by atoms with Gasteiger partial charge in [0.05, 0.1) is 5.69 Å². The number of hydrogen-bond donors (Lipinski definition) is 1. The Labute approximate surface area is 160 Å². The molecule has 0 aliphatic carbocycles. The van der Waals surface area contributed by atoms with Crippen LogP contribution in [-0.4, -0.2) is 42.2 Å². The van der Waals surface area contributed by atoms with Crippen LogP contribution < -0.4 is 10.3 Å². The summed E-state index contributed by atoms with van der Waals surface area (Å²) in [5, 5.41) is 10.1. The molecule has 1 N–H and O–H groups in total. The molecule has 2 aliphatic heterocycles. The SMILES string of the molecule is CC1=NN(c2ccc(C(=O)N3CCC(Nc4ccccc4)CC3)cc2)CC1. The monoisotopic (exact) mass is 362 g/mol. The summed E-state index contributed by atoms with van der Waals surface area (Å²) in [6.45, 7) is 4.55. The first-order chi connectivity index (χ1) is 13.2. The van der Waals surface area contributed by atoms with Crippen molar-refractivity contribution in [2.75, 3.05) is 30.0 Å². The highest BCUT2D eigenvalue weighted by molar-refractivity contribution is 5.94. The number of anilines is 2. The molecular formula is C22H26N4O. The topological polar surface area (TPSA) is 47.9 Å². The van der Waals surface area contributed by atoms with E-state index in [1.54, 1.807) is 0 Å². The summed E-state index contributed by atoms with van der Waals surface area (Å²) in [7, 11) is 0. The highest BCUT2D eigenvalue weighted by Gasteiger charge is 2.24. The van der Waals surface area contributed by atoms with Gasteiger partial charge in [-0.2, -0.15) is 5.10 Å². The lowest BCUT2D eigenvalue weighted by Crippen LogP contribution is -2.42. The molecule has 2 aliphatic rings. The minimum Gasteiger partial charge on any atom is -0.382 e. The molecular weight excluding hydrogens is 336 g/mol. The Morgan fingerprint density at radius 3 is 2.33 bits per heavy atom. The van der Waals surface area contributed by atoms with Crippen molar-refractivity contribution < 1.29 is 4.79 Å². The van der Waals surface area contributed by atoms with Gasteiger partial charge in [0, 0.05) is 49.1 Å². The maximum Gasteiger partial charge on any atom is 0.253 e. The molecule has 0 aromatic heterocycles. The highest BCUT2D eigenvalue weighted by Crippen LogP contribution is 2.22. The van der Waals surface area contributed by atoms with E-state index < -0.39 is 0 Å². The maximum absolute atomic E-state index is 12.8. The fourth-order valence-corrected chi connectivity index (χ4v) is 3.72. The number of amides is 1. The van der Waals surface area contributed by atoms with Crippen LogP contribution in [0.25, 0.3) is 0 Å². The molecule has 0 bridgehead atoms. The second kappa shape index (κ2) is 7.82. The molecule has 140 valence electrons. The Morgan fingerprint density at radius 1 is 1.00 bits per heavy atom. The summed E-state index contributed by atoms with van der Waals surface area (Å²) in [6.07, 6.45) is 2.95. The summed E-state index contributed by atoms with van der Waals surface area (Å²) in [5.74, 6) is 0.126. The minimum atomic E-state index is 0.126.